The molecule has 0 bridgehead atoms. The molecule has 4 heteroatoms. The normalized spacial score (nSPS) is 23.7. The highest BCUT2D eigenvalue weighted by atomic mass is 16.4. The van der Waals surface area contributed by atoms with Crippen molar-refractivity contribution < 1.29 is 4.42 Å². The monoisotopic (exact) mass is 279 g/mol. The number of hydrogen-bond acceptors (Lipinski definition) is 4. The van der Waals surface area contributed by atoms with E-state index in [4.69, 9.17) is 4.42 Å². The highest BCUT2D eigenvalue weighted by Gasteiger charge is 2.26. The second kappa shape index (κ2) is 7.23. The van der Waals surface area contributed by atoms with Crippen molar-refractivity contribution in [2.75, 3.05) is 19.6 Å². The Morgan fingerprint density at radius 3 is 2.95 bits per heavy atom. The quantitative estimate of drug-likeness (QED) is 0.868. The topological polar surface area (TPSA) is 41.3 Å². The fourth-order valence-corrected chi connectivity index (χ4v) is 3.19. The van der Waals surface area contributed by atoms with E-state index in [9.17, 15) is 0 Å². The molecule has 2 rings (SSSR count). The van der Waals surface area contributed by atoms with E-state index in [0.29, 0.717) is 6.04 Å². The maximum atomic E-state index is 5.61. The number of nitrogens with zero attached hydrogens (tertiary/aromatic N) is 2. The molecule has 0 aliphatic carbocycles. The van der Waals surface area contributed by atoms with E-state index in [1.54, 1.807) is 6.20 Å². The van der Waals surface area contributed by atoms with Crippen molar-refractivity contribution in [3.63, 3.8) is 0 Å². The molecule has 0 radical (unpaired) electrons. The van der Waals surface area contributed by atoms with Crippen molar-refractivity contribution in [3.05, 3.63) is 17.8 Å². The van der Waals surface area contributed by atoms with Gasteiger partial charge in [-0.2, -0.15) is 0 Å². The Morgan fingerprint density at radius 2 is 2.30 bits per heavy atom. The molecule has 1 saturated heterocycles. The standard InChI is InChI=1S/C16H29N3O/c1-5-8-19-9-6-7-15(11-19)13(3)18-14(4)16-17-10-12(2)20-16/h10,13-15,18H,5-9,11H2,1-4H3. The van der Waals surface area contributed by atoms with Gasteiger partial charge in [-0.15, -0.1) is 0 Å². The van der Waals surface area contributed by atoms with Gasteiger partial charge in [-0.1, -0.05) is 6.92 Å². The number of hydrogen-bond donors (Lipinski definition) is 1. The molecule has 0 saturated carbocycles. The number of piperidine rings is 1. The summed E-state index contributed by atoms with van der Waals surface area (Å²) < 4.78 is 5.61. The van der Waals surface area contributed by atoms with E-state index in [2.05, 4.69) is 36.0 Å². The second-order valence-corrected chi connectivity index (χ2v) is 6.19. The fraction of sp³-hybridized carbons (Fsp3) is 0.812. The molecule has 1 aliphatic rings. The molecule has 1 aromatic rings. The van der Waals surface area contributed by atoms with Crippen LogP contribution in [-0.2, 0) is 0 Å². The van der Waals surface area contributed by atoms with Gasteiger partial charge in [-0.25, -0.2) is 4.98 Å². The van der Waals surface area contributed by atoms with Crippen LogP contribution >= 0.6 is 0 Å². The lowest BCUT2D eigenvalue weighted by atomic mass is 9.91. The van der Waals surface area contributed by atoms with Crippen molar-refractivity contribution in [2.45, 2.75) is 59.0 Å². The molecule has 1 aliphatic heterocycles. The lowest BCUT2D eigenvalue weighted by Gasteiger charge is -2.36. The Labute approximate surface area is 122 Å². The van der Waals surface area contributed by atoms with Crippen molar-refractivity contribution in [1.29, 1.82) is 0 Å². The van der Waals surface area contributed by atoms with E-state index in [0.717, 1.165) is 17.6 Å². The van der Waals surface area contributed by atoms with Crippen LogP contribution in [0.1, 0.15) is 57.7 Å². The van der Waals surface area contributed by atoms with Crippen molar-refractivity contribution in [3.8, 4) is 0 Å². The summed E-state index contributed by atoms with van der Waals surface area (Å²) in [4.78, 5) is 6.92. The summed E-state index contributed by atoms with van der Waals surface area (Å²) in [7, 11) is 0. The van der Waals surface area contributed by atoms with Gasteiger partial charge in [0, 0.05) is 12.6 Å². The van der Waals surface area contributed by atoms with Crippen LogP contribution in [0.2, 0.25) is 0 Å². The summed E-state index contributed by atoms with van der Waals surface area (Å²) >= 11 is 0. The fourth-order valence-electron chi connectivity index (χ4n) is 3.19. The van der Waals surface area contributed by atoms with Crippen LogP contribution in [0, 0.1) is 12.8 Å². The Morgan fingerprint density at radius 1 is 1.50 bits per heavy atom. The number of likely N-dealkylation sites (tertiary alicyclic amines) is 1. The average Bonchev–Trinajstić information content (AvgIpc) is 2.86. The third-order valence-corrected chi connectivity index (χ3v) is 4.31. The van der Waals surface area contributed by atoms with E-state index in [1.165, 1.54) is 38.9 Å². The molecular formula is C16H29N3O. The number of aryl methyl sites for hydroxylation is 1. The van der Waals surface area contributed by atoms with Crippen LogP contribution in [-0.4, -0.2) is 35.6 Å². The Hall–Kier alpha value is -0.870. The zero-order valence-corrected chi connectivity index (χ0v) is 13.4. The zero-order chi connectivity index (χ0) is 14.5. The Bertz CT molecular complexity index is 402. The van der Waals surface area contributed by atoms with Gasteiger partial charge < -0.3 is 14.6 Å². The average molecular weight is 279 g/mol. The molecule has 3 unspecified atom stereocenters. The van der Waals surface area contributed by atoms with Gasteiger partial charge in [0.05, 0.1) is 12.2 Å². The predicted molar refractivity (Wildman–Crippen MR) is 81.7 cm³/mol. The first-order valence-electron chi connectivity index (χ1n) is 8.01. The van der Waals surface area contributed by atoms with E-state index >= 15 is 0 Å². The highest BCUT2D eigenvalue weighted by molar-refractivity contribution is 4.96. The minimum atomic E-state index is 0.181. The Balaban J connectivity index is 1.85. The molecule has 0 aromatic carbocycles. The maximum Gasteiger partial charge on any atom is 0.211 e. The number of nitrogens with one attached hydrogen (secondary N) is 1. The van der Waals surface area contributed by atoms with Crippen molar-refractivity contribution in [1.82, 2.24) is 15.2 Å². The maximum absolute atomic E-state index is 5.61. The number of aromatic nitrogens is 1. The first-order valence-corrected chi connectivity index (χ1v) is 8.01. The van der Waals surface area contributed by atoms with Gasteiger partial charge in [0.15, 0.2) is 0 Å². The van der Waals surface area contributed by atoms with Gasteiger partial charge in [0.25, 0.3) is 0 Å². The lowest BCUT2D eigenvalue weighted by molar-refractivity contribution is 0.145. The SMILES string of the molecule is CCCN1CCCC(C(C)NC(C)c2ncc(C)o2)C1. The largest absolute Gasteiger partial charge is 0.444 e. The zero-order valence-electron chi connectivity index (χ0n) is 13.4. The highest BCUT2D eigenvalue weighted by Crippen LogP contribution is 2.22. The smallest absolute Gasteiger partial charge is 0.211 e. The molecule has 2 heterocycles. The van der Waals surface area contributed by atoms with Gasteiger partial charge in [0.1, 0.15) is 5.76 Å². The van der Waals surface area contributed by atoms with Gasteiger partial charge in [0.2, 0.25) is 5.89 Å². The predicted octanol–water partition coefficient (Wildman–Crippen LogP) is 3.14. The number of rotatable bonds is 6. The number of oxazole rings is 1. The summed E-state index contributed by atoms with van der Waals surface area (Å²) in [5.41, 5.74) is 0. The van der Waals surface area contributed by atoms with Crippen molar-refractivity contribution in [2.24, 2.45) is 5.92 Å². The molecule has 1 fully saturated rings. The van der Waals surface area contributed by atoms with Gasteiger partial charge in [-0.3, -0.25) is 0 Å². The second-order valence-electron chi connectivity index (χ2n) is 6.19. The van der Waals surface area contributed by atoms with Crippen LogP contribution < -0.4 is 5.32 Å². The molecule has 0 spiro atoms. The third kappa shape index (κ3) is 4.06. The summed E-state index contributed by atoms with van der Waals surface area (Å²) in [5.74, 6) is 2.41. The summed E-state index contributed by atoms with van der Waals surface area (Å²) in [6.45, 7) is 12.4. The third-order valence-electron chi connectivity index (χ3n) is 4.31. The van der Waals surface area contributed by atoms with E-state index in [-0.39, 0.29) is 6.04 Å². The first kappa shape index (κ1) is 15.5. The molecule has 4 nitrogen and oxygen atoms in total. The Kier molecular flexibility index (Phi) is 5.61. The first-order chi connectivity index (χ1) is 9.60. The molecular weight excluding hydrogens is 250 g/mol. The van der Waals surface area contributed by atoms with Crippen LogP contribution in [0.3, 0.4) is 0 Å². The summed E-state index contributed by atoms with van der Waals surface area (Å²) in [6.07, 6.45) is 5.69. The van der Waals surface area contributed by atoms with Crippen LogP contribution in [0.15, 0.2) is 10.6 Å². The molecule has 1 N–H and O–H groups in total. The molecule has 0 amide bonds. The lowest BCUT2D eigenvalue weighted by Crippen LogP contribution is -2.45. The van der Waals surface area contributed by atoms with Crippen molar-refractivity contribution >= 4 is 0 Å². The van der Waals surface area contributed by atoms with E-state index in [1.807, 2.05) is 6.92 Å². The van der Waals surface area contributed by atoms with Gasteiger partial charge >= 0.3 is 0 Å². The molecule has 1 aromatic heterocycles. The molecule has 114 valence electrons. The molecule has 3 atom stereocenters. The van der Waals surface area contributed by atoms with E-state index < -0.39 is 0 Å². The molecule has 20 heavy (non-hydrogen) atoms. The van der Waals surface area contributed by atoms with Gasteiger partial charge in [-0.05, 0) is 59.0 Å². The minimum Gasteiger partial charge on any atom is -0.444 e. The summed E-state index contributed by atoms with van der Waals surface area (Å²) in [6, 6.07) is 0.678. The minimum absolute atomic E-state index is 0.181. The van der Waals surface area contributed by atoms with Crippen LogP contribution in [0.4, 0.5) is 0 Å². The van der Waals surface area contributed by atoms with Crippen LogP contribution in [0.5, 0.6) is 0 Å². The van der Waals surface area contributed by atoms with Crippen LogP contribution in [0.25, 0.3) is 0 Å². The summed E-state index contributed by atoms with van der Waals surface area (Å²) in [5, 5.41) is 3.66.